The number of rotatable bonds is 8. The molecule has 0 aromatic heterocycles. The van der Waals surface area contributed by atoms with Crippen LogP contribution in [-0.4, -0.2) is 68.3 Å². The summed E-state index contributed by atoms with van der Waals surface area (Å²) >= 11 is 0. The molecular formula is C23H28F3N3O2. The van der Waals surface area contributed by atoms with E-state index in [2.05, 4.69) is 26.9 Å². The van der Waals surface area contributed by atoms with E-state index in [1.165, 1.54) is 0 Å². The number of benzene rings is 2. The number of carbonyl (C=O) groups is 1. The number of halogens is 3. The predicted molar refractivity (Wildman–Crippen MR) is 113 cm³/mol. The largest absolute Gasteiger partial charge is 0.411 e. The Hall–Kier alpha value is -2.42. The van der Waals surface area contributed by atoms with Crippen molar-refractivity contribution in [2.45, 2.75) is 18.8 Å². The SMILES string of the molecule is CN1CCN(CC(NC(=O)c2ccc(COCC(F)(F)F)cc2)c2ccccc2)CC1. The van der Waals surface area contributed by atoms with E-state index >= 15 is 0 Å². The first kappa shape index (κ1) is 23.2. The molecule has 0 saturated carbocycles. The molecule has 0 radical (unpaired) electrons. The maximum absolute atomic E-state index is 12.9. The first-order valence-corrected chi connectivity index (χ1v) is 10.3. The predicted octanol–water partition coefficient (Wildman–Crippen LogP) is 3.48. The Morgan fingerprint density at radius 1 is 1.03 bits per heavy atom. The van der Waals surface area contributed by atoms with Crippen LogP contribution in [-0.2, 0) is 11.3 Å². The molecule has 1 atom stereocenters. The minimum absolute atomic E-state index is 0.155. The summed E-state index contributed by atoms with van der Waals surface area (Å²) in [5.74, 6) is -0.217. The van der Waals surface area contributed by atoms with Gasteiger partial charge in [-0.05, 0) is 30.3 Å². The highest BCUT2D eigenvalue weighted by atomic mass is 19.4. The number of nitrogens with one attached hydrogen (secondary N) is 1. The zero-order chi connectivity index (χ0) is 22.3. The van der Waals surface area contributed by atoms with Crippen LogP contribution >= 0.6 is 0 Å². The average Bonchev–Trinajstić information content (AvgIpc) is 2.75. The van der Waals surface area contributed by atoms with Gasteiger partial charge in [0.25, 0.3) is 5.91 Å². The Labute approximate surface area is 180 Å². The lowest BCUT2D eigenvalue weighted by Crippen LogP contribution is -2.47. The molecule has 1 unspecified atom stereocenters. The molecular weight excluding hydrogens is 407 g/mol. The molecule has 1 aliphatic heterocycles. The van der Waals surface area contributed by atoms with Crippen molar-refractivity contribution in [1.82, 2.24) is 15.1 Å². The minimum Gasteiger partial charge on any atom is -0.367 e. The van der Waals surface area contributed by atoms with E-state index in [-0.39, 0.29) is 18.6 Å². The van der Waals surface area contributed by atoms with Gasteiger partial charge in [0.2, 0.25) is 0 Å². The van der Waals surface area contributed by atoms with E-state index in [9.17, 15) is 18.0 Å². The number of hydrogen-bond acceptors (Lipinski definition) is 4. The monoisotopic (exact) mass is 435 g/mol. The molecule has 0 spiro atoms. The summed E-state index contributed by atoms with van der Waals surface area (Å²) in [6.07, 6.45) is -4.35. The average molecular weight is 435 g/mol. The fourth-order valence-corrected chi connectivity index (χ4v) is 3.49. The number of ether oxygens (including phenoxy) is 1. The molecule has 168 valence electrons. The highest BCUT2D eigenvalue weighted by molar-refractivity contribution is 5.94. The first-order chi connectivity index (χ1) is 14.8. The molecule has 1 heterocycles. The van der Waals surface area contributed by atoms with Gasteiger partial charge in [0.1, 0.15) is 6.61 Å². The third-order valence-corrected chi connectivity index (χ3v) is 5.29. The minimum atomic E-state index is -4.35. The van der Waals surface area contributed by atoms with Gasteiger partial charge in [-0.15, -0.1) is 0 Å². The van der Waals surface area contributed by atoms with Crippen molar-refractivity contribution < 1.29 is 22.7 Å². The van der Waals surface area contributed by atoms with E-state index in [1.54, 1.807) is 24.3 Å². The summed E-state index contributed by atoms with van der Waals surface area (Å²) in [4.78, 5) is 17.5. The second kappa shape index (κ2) is 10.7. The Kier molecular flexibility index (Phi) is 8.06. The zero-order valence-electron chi connectivity index (χ0n) is 17.6. The van der Waals surface area contributed by atoms with Crippen molar-refractivity contribution in [3.8, 4) is 0 Å². The van der Waals surface area contributed by atoms with Crippen molar-refractivity contribution >= 4 is 5.91 Å². The van der Waals surface area contributed by atoms with Gasteiger partial charge in [-0.2, -0.15) is 13.2 Å². The fourth-order valence-electron chi connectivity index (χ4n) is 3.49. The lowest BCUT2D eigenvalue weighted by atomic mass is 10.0. The van der Waals surface area contributed by atoms with Crippen LogP contribution in [0.25, 0.3) is 0 Å². The third-order valence-electron chi connectivity index (χ3n) is 5.29. The number of hydrogen-bond donors (Lipinski definition) is 1. The van der Waals surface area contributed by atoms with Gasteiger partial charge in [0, 0.05) is 38.3 Å². The first-order valence-electron chi connectivity index (χ1n) is 10.3. The van der Waals surface area contributed by atoms with Crippen molar-refractivity contribution in [1.29, 1.82) is 0 Å². The number of piperazine rings is 1. The second-order valence-electron chi connectivity index (χ2n) is 7.85. The Morgan fingerprint density at radius 3 is 2.29 bits per heavy atom. The molecule has 1 amide bonds. The van der Waals surface area contributed by atoms with Gasteiger partial charge in [-0.25, -0.2) is 0 Å². The molecule has 2 aromatic rings. The van der Waals surface area contributed by atoms with Gasteiger partial charge >= 0.3 is 6.18 Å². The van der Waals surface area contributed by atoms with Gasteiger partial charge in [-0.1, -0.05) is 42.5 Å². The van der Waals surface area contributed by atoms with Crippen molar-refractivity contribution in [2.75, 3.05) is 46.4 Å². The summed E-state index contributed by atoms with van der Waals surface area (Å²) in [5.41, 5.74) is 2.07. The Balaban J connectivity index is 1.61. The summed E-state index contributed by atoms with van der Waals surface area (Å²) in [6.45, 7) is 3.15. The molecule has 1 saturated heterocycles. The lowest BCUT2D eigenvalue weighted by Gasteiger charge is -2.35. The van der Waals surface area contributed by atoms with Crippen LogP contribution in [0.1, 0.15) is 27.5 Å². The molecule has 1 N–H and O–H groups in total. The molecule has 1 fully saturated rings. The molecule has 2 aromatic carbocycles. The summed E-state index contributed by atoms with van der Waals surface area (Å²) < 4.78 is 41.2. The molecule has 3 rings (SSSR count). The van der Waals surface area contributed by atoms with Crippen LogP contribution in [0.5, 0.6) is 0 Å². The van der Waals surface area contributed by atoms with Crippen LogP contribution in [0.4, 0.5) is 13.2 Å². The summed E-state index contributed by atoms with van der Waals surface area (Å²) in [6, 6.07) is 16.1. The number of alkyl halides is 3. The van der Waals surface area contributed by atoms with Crippen LogP contribution in [0.3, 0.4) is 0 Å². The quantitative estimate of drug-likeness (QED) is 0.690. The third kappa shape index (κ3) is 7.65. The van der Waals surface area contributed by atoms with E-state index in [4.69, 9.17) is 0 Å². The van der Waals surface area contributed by atoms with Gasteiger partial charge in [0.05, 0.1) is 12.6 Å². The fraction of sp³-hybridized carbons (Fsp3) is 0.435. The van der Waals surface area contributed by atoms with Crippen molar-refractivity contribution in [3.05, 3.63) is 71.3 Å². The Bertz CT molecular complexity index is 820. The van der Waals surface area contributed by atoms with E-state index < -0.39 is 12.8 Å². The number of carbonyl (C=O) groups excluding carboxylic acids is 1. The Morgan fingerprint density at radius 2 is 1.68 bits per heavy atom. The maximum atomic E-state index is 12.9. The molecule has 0 bridgehead atoms. The maximum Gasteiger partial charge on any atom is 0.411 e. The van der Waals surface area contributed by atoms with Crippen molar-refractivity contribution in [2.24, 2.45) is 0 Å². The smallest absolute Gasteiger partial charge is 0.367 e. The topological polar surface area (TPSA) is 44.8 Å². The highest BCUT2D eigenvalue weighted by Crippen LogP contribution is 2.18. The van der Waals surface area contributed by atoms with Gasteiger partial charge < -0.3 is 15.0 Å². The van der Waals surface area contributed by atoms with Crippen LogP contribution < -0.4 is 5.32 Å². The van der Waals surface area contributed by atoms with E-state index in [0.717, 1.165) is 31.7 Å². The zero-order valence-corrected chi connectivity index (χ0v) is 17.6. The normalized spacial score (nSPS) is 16.8. The molecule has 1 aliphatic rings. The number of amides is 1. The van der Waals surface area contributed by atoms with Crippen LogP contribution in [0.2, 0.25) is 0 Å². The lowest BCUT2D eigenvalue weighted by molar-refractivity contribution is -0.176. The number of nitrogens with zero attached hydrogens (tertiary/aromatic N) is 2. The molecule has 8 heteroatoms. The molecule has 0 aliphatic carbocycles. The van der Waals surface area contributed by atoms with E-state index in [0.29, 0.717) is 17.7 Å². The van der Waals surface area contributed by atoms with Crippen LogP contribution in [0.15, 0.2) is 54.6 Å². The molecule has 5 nitrogen and oxygen atoms in total. The number of likely N-dealkylation sites (N-methyl/N-ethyl adjacent to an activating group) is 1. The highest BCUT2D eigenvalue weighted by Gasteiger charge is 2.27. The van der Waals surface area contributed by atoms with Crippen molar-refractivity contribution in [3.63, 3.8) is 0 Å². The molecule has 31 heavy (non-hydrogen) atoms. The standard InChI is InChI=1S/C23H28F3N3O2/c1-28-11-13-29(14-12-28)15-21(19-5-3-2-4-6-19)27-22(30)20-9-7-18(8-10-20)16-31-17-23(24,25)26/h2-10,21H,11-17H2,1H3,(H,27,30). The summed E-state index contributed by atoms with van der Waals surface area (Å²) in [5, 5.41) is 3.12. The van der Waals surface area contributed by atoms with Crippen LogP contribution in [0, 0.1) is 0 Å². The van der Waals surface area contributed by atoms with Gasteiger partial charge in [0.15, 0.2) is 0 Å². The van der Waals surface area contributed by atoms with E-state index in [1.807, 2.05) is 30.3 Å². The van der Waals surface area contributed by atoms with Gasteiger partial charge in [-0.3, -0.25) is 9.69 Å². The second-order valence-corrected chi connectivity index (χ2v) is 7.85. The summed E-state index contributed by atoms with van der Waals surface area (Å²) in [7, 11) is 2.10.